The molecule has 0 aromatic heterocycles. The normalized spacial score (nSPS) is 26.6. The fourth-order valence-corrected chi connectivity index (χ4v) is 3.16. The lowest BCUT2D eigenvalue weighted by molar-refractivity contribution is -0.135. The van der Waals surface area contributed by atoms with Crippen LogP contribution in [0.15, 0.2) is 48.5 Å². The largest absolute Gasteiger partial charge is 0.378 e. The Hall–Kier alpha value is -2.33. The van der Waals surface area contributed by atoms with E-state index in [0.717, 1.165) is 11.3 Å². The smallest absolute Gasteiger partial charge is 0.263 e. The molecule has 0 fully saturated rings. The maximum absolute atomic E-state index is 12.3. The van der Waals surface area contributed by atoms with Crippen LogP contribution < -0.4 is 10.6 Å². The maximum atomic E-state index is 12.3. The lowest BCUT2D eigenvalue weighted by Gasteiger charge is -2.28. The van der Waals surface area contributed by atoms with Crippen molar-refractivity contribution in [2.75, 3.05) is 10.6 Å². The second-order valence-corrected chi connectivity index (χ2v) is 5.32. The van der Waals surface area contributed by atoms with Crippen molar-refractivity contribution in [1.29, 1.82) is 0 Å². The predicted octanol–water partition coefficient (Wildman–Crippen LogP) is 1.86. The second kappa shape index (κ2) is 3.84. The van der Waals surface area contributed by atoms with Crippen LogP contribution in [0.2, 0.25) is 0 Å². The molecule has 2 aliphatic rings. The van der Waals surface area contributed by atoms with Crippen molar-refractivity contribution >= 4 is 17.3 Å². The van der Waals surface area contributed by atoms with E-state index in [1.165, 1.54) is 0 Å². The molecule has 0 spiro atoms. The van der Waals surface area contributed by atoms with Gasteiger partial charge in [-0.05, 0) is 24.1 Å². The fourth-order valence-electron chi connectivity index (χ4n) is 3.16. The highest BCUT2D eigenvalue weighted by atomic mass is 16.3. The molecule has 4 rings (SSSR count). The number of benzene rings is 2. The number of aliphatic hydroxyl groups is 1. The SMILES string of the molecule is O=C1Nc2ccccc2C1(O)C1Cc2ccccc2N1. The summed E-state index contributed by atoms with van der Waals surface area (Å²) in [4.78, 5) is 12.3. The van der Waals surface area contributed by atoms with E-state index in [1.807, 2.05) is 42.5 Å². The van der Waals surface area contributed by atoms with E-state index in [2.05, 4.69) is 10.6 Å². The summed E-state index contributed by atoms with van der Waals surface area (Å²) in [6.07, 6.45) is 0.633. The Balaban J connectivity index is 1.78. The lowest BCUT2D eigenvalue weighted by Crippen LogP contribution is -2.48. The van der Waals surface area contributed by atoms with Gasteiger partial charge in [-0.3, -0.25) is 4.79 Å². The second-order valence-electron chi connectivity index (χ2n) is 5.32. The molecule has 0 saturated heterocycles. The van der Waals surface area contributed by atoms with E-state index in [0.29, 0.717) is 17.7 Å². The molecular weight excluding hydrogens is 252 g/mol. The van der Waals surface area contributed by atoms with Gasteiger partial charge in [0.1, 0.15) is 0 Å². The first-order valence-electron chi connectivity index (χ1n) is 6.67. The summed E-state index contributed by atoms with van der Waals surface area (Å²) in [5.41, 5.74) is 1.94. The Morgan fingerprint density at radius 2 is 1.75 bits per heavy atom. The van der Waals surface area contributed by atoms with Gasteiger partial charge in [0, 0.05) is 16.9 Å². The van der Waals surface area contributed by atoms with Crippen molar-refractivity contribution < 1.29 is 9.90 Å². The van der Waals surface area contributed by atoms with Crippen molar-refractivity contribution in [3.05, 3.63) is 59.7 Å². The first kappa shape index (κ1) is 11.5. The quantitative estimate of drug-likeness (QED) is 0.738. The summed E-state index contributed by atoms with van der Waals surface area (Å²) >= 11 is 0. The number of anilines is 2. The molecule has 2 atom stereocenters. The van der Waals surface area contributed by atoms with Gasteiger partial charge in [-0.1, -0.05) is 36.4 Å². The van der Waals surface area contributed by atoms with Crippen LogP contribution in [0.5, 0.6) is 0 Å². The van der Waals surface area contributed by atoms with Crippen molar-refractivity contribution in [1.82, 2.24) is 0 Å². The summed E-state index contributed by atoms with van der Waals surface area (Å²) in [5.74, 6) is -0.357. The molecule has 2 unspecified atom stereocenters. The highest BCUT2D eigenvalue weighted by Crippen LogP contribution is 2.42. The van der Waals surface area contributed by atoms with Crippen LogP contribution in [-0.4, -0.2) is 17.1 Å². The zero-order chi connectivity index (χ0) is 13.7. The maximum Gasteiger partial charge on any atom is 0.263 e. The third kappa shape index (κ3) is 1.37. The van der Waals surface area contributed by atoms with Crippen LogP contribution in [-0.2, 0) is 16.8 Å². The molecule has 2 aliphatic heterocycles. The summed E-state index contributed by atoms with van der Waals surface area (Å²) in [6, 6.07) is 14.9. The van der Waals surface area contributed by atoms with E-state index < -0.39 is 5.60 Å². The number of carbonyl (C=O) groups is 1. The first-order chi connectivity index (χ1) is 9.69. The summed E-state index contributed by atoms with van der Waals surface area (Å²) in [6.45, 7) is 0. The topological polar surface area (TPSA) is 61.4 Å². The van der Waals surface area contributed by atoms with E-state index in [4.69, 9.17) is 0 Å². The van der Waals surface area contributed by atoms with Crippen molar-refractivity contribution in [2.45, 2.75) is 18.1 Å². The minimum absolute atomic E-state index is 0.344. The third-order valence-corrected chi connectivity index (χ3v) is 4.21. The summed E-state index contributed by atoms with van der Waals surface area (Å²) in [7, 11) is 0. The number of fused-ring (bicyclic) bond motifs is 2. The molecule has 0 saturated carbocycles. The number of rotatable bonds is 1. The Labute approximate surface area is 116 Å². The van der Waals surface area contributed by atoms with Crippen molar-refractivity contribution in [3.63, 3.8) is 0 Å². The van der Waals surface area contributed by atoms with Gasteiger partial charge in [0.2, 0.25) is 0 Å². The molecule has 4 nitrogen and oxygen atoms in total. The van der Waals surface area contributed by atoms with E-state index >= 15 is 0 Å². The number of nitrogens with one attached hydrogen (secondary N) is 2. The summed E-state index contributed by atoms with van der Waals surface area (Å²) < 4.78 is 0. The van der Waals surface area contributed by atoms with Crippen LogP contribution in [0.4, 0.5) is 11.4 Å². The average molecular weight is 266 g/mol. The molecule has 20 heavy (non-hydrogen) atoms. The van der Waals surface area contributed by atoms with Gasteiger partial charge in [0.25, 0.3) is 5.91 Å². The molecule has 0 radical (unpaired) electrons. The van der Waals surface area contributed by atoms with Crippen LogP contribution in [0.1, 0.15) is 11.1 Å². The fraction of sp³-hybridized carbons (Fsp3) is 0.188. The van der Waals surface area contributed by atoms with Gasteiger partial charge in [-0.2, -0.15) is 0 Å². The third-order valence-electron chi connectivity index (χ3n) is 4.21. The molecule has 0 aliphatic carbocycles. The van der Waals surface area contributed by atoms with Gasteiger partial charge >= 0.3 is 0 Å². The Kier molecular flexibility index (Phi) is 2.20. The number of amides is 1. The van der Waals surface area contributed by atoms with Crippen LogP contribution in [0.25, 0.3) is 0 Å². The van der Waals surface area contributed by atoms with Crippen LogP contribution in [0, 0.1) is 0 Å². The Bertz CT molecular complexity index is 688. The molecule has 1 amide bonds. The number of carbonyl (C=O) groups excluding carboxylic acids is 1. The molecule has 2 aromatic carbocycles. The van der Waals surface area contributed by atoms with Gasteiger partial charge in [-0.25, -0.2) is 0 Å². The van der Waals surface area contributed by atoms with Gasteiger partial charge in [-0.15, -0.1) is 0 Å². The zero-order valence-electron chi connectivity index (χ0n) is 10.8. The van der Waals surface area contributed by atoms with Crippen molar-refractivity contribution in [2.24, 2.45) is 0 Å². The average Bonchev–Trinajstić information content (AvgIpc) is 3.00. The molecule has 4 heteroatoms. The van der Waals surface area contributed by atoms with Gasteiger partial charge in [0.05, 0.1) is 6.04 Å². The Morgan fingerprint density at radius 3 is 2.55 bits per heavy atom. The highest BCUT2D eigenvalue weighted by molar-refractivity contribution is 6.06. The number of hydrogen-bond acceptors (Lipinski definition) is 3. The van der Waals surface area contributed by atoms with Gasteiger partial charge in [0.15, 0.2) is 5.60 Å². The molecule has 0 bridgehead atoms. The minimum Gasteiger partial charge on any atom is -0.378 e. The zero-order valence-corrected chi connectivity index (χ0v) is 10.8. The van der Waals surface area contributed by atoms with Crippen LogP contribution in [0.3, 0.4) is 0 Å². The number of hydrogen-bond donors (Lipinski definition) is 3. The van der Waals surface area contributed by atoms with E-state index in [-0.39, 0.29) is 11.9 Å². The standard InChI is InChI=1S/C16H14N2O2/c19-15-16(20,11-6-2-4-8-13(11)18-15)14-9-10-5-1-3-7-12(10)17-14/h1-8,14,17,20H,9H2,(H,18,19). The predicted molar refractivity (Wildman–Crippen MR) is 76.5 cm³/mol. The summed E-state index contributed by atoms with van der Waals surface area (Å²) in [5, 5.41) is 17.0. The Morgan fingerprint density at radius 1 is 1.05 bits per heavy atom. The highest BCUT2D eigenvalue weighted by Gasteiger charge is 2.52. The van der Waals surface area contributed by atoms with E-state index in [1.54, 1.807) is 6.07 Å². The van der Waals surface area contributed by atoms with Crippen molar-refractivity contribution in [3.8, 4) is 0 Å². The molecule has 2 aromatic rings. The molecule has 2 heterocycles. The minimum atomic E-state index is -1.52. The monoisotopic (exact) mass is 266 g/mol. The lowest BCUT2D eigenvalue weighted by atomic mass is 9.86. The molecular formula is C16H14N2O2. The first-order valence-corrected chi connectivity index (χ1v) is 6.67. The van der Waals surface area contributed by atoms with Crippen LogP contribution >= 0.6 is 0 Å². The molecule has 100 valence electrons. The number of para-hydroxylation sites is 2. The van der Waals surface area contributed by atoms with Gasteiger partial charge < -0.3 is 15.7 Å². The molecule has 3 N–H and O–H groups in total. The van der Waals surface area contributed by atoms with E-state index in [9.17, 15) is 9.90 Å².